The lowest BCUT2D eigenvalue weighted by Crippen LogP contribution is -2.51. The highest BCUT2D eigenvalue weighted by atomic mass is 19.1. The lowest BCUT2D eigenvalue weighted by atomic mass is 10.1. The summed E-state index contributed by atoms with van der Waals surface area (Å²) < 4.78 is 33.4. The zero-order valence-corrected chi connectivity index (χ0v) is 15.9. The van der Waals surface area contributed by atoms with Crippen molar-refractivity contribution < 1.29 is 27.9 Å². The molecule has 0 bridgehead atoms. The average Bonchev–Trinajstić information content (AvgIpc) is 2.99. The number of nitrogens with two attached hydrogens (primary N) is 1. The van der Waals surface area contributed by atoms with E-state index in [-0.39, 0.29) is 19.0 Å². The van der Waals surface area contributed by atoms with Crippen molar-refractivity contribution >= 4 is 23.6 Å². The van der Waals surface area contributed by atoms with E-state index in [9.17, 15) is 23.2 Å². The minimum Gasteiger partial charge on any atom is -0.384 e. The first-order chi connectivity index (χ1) is 14.3. The first-order valence-corrected chi connectivity index (χ1v) is 8.94. The molecule has 0 saturated carbocycles. The molecule has 1 heterocycles. The van der Waals surface area contributed by atoms with Crippen molar-refractivity contribution in [3.05, 3.63) is 70.3 Å². The summed E-state index contributed by atoms with van der Waals surface area (Å²) in [6.45, 7) is 1.52. The van der Waals surface area contributed by atoms with E-state index in [1.54, 1.807) is 31.2 Å². The molecule has 156 valence electrons. The summed E-state index contributed by atoms with van der Waals surface area (Å²) in [7, 11) is 0. The van der Waals surface area contributed by atoms with E-state index >= 15 is 0 Å². The fraction of sp³-hybridized carbons (Fsp3) is 0.200. The van der Waals surface area contributed by atoms with Gasteiger partial charge >= 0.3 is 0 Å². The summed E-state index contributed by atoms with van der Waals surface area (Å²) >= 11 is 0. The fourth-order valence-corrected chi connectivity index (χ4v) is 3.02. The molecular formula is C20H18F2N4O4. The maximum Gasteiger partial charge on any atom is 0.271 e. The fourth-order valence-electron chi connectivity index (χ4n) is 3.02. The van der Waals surface area contributed by atoms with E-state index in [0.717, 1.165) is 12.1 Å². The number of ether oxygens (including phenoxy) is 1. The molecule has 3 amide bonds. The summed E-state index contributed by atoms with van der Waals surface area (Å²) in [6, 6.07) is 7.95. The summed E-state index contributed by atoms with van der Waals surface area (Å²) in [5.41, 5.74) is 5.10. The number of rotatable bonds is 7. The number of amides is 3. The van der Waals surface area contributed by atoms with Gasteiger partial charge in [0.15, 0.2) is 0 Å². The molecule has 0 aliphatic carbocycles. The molecule has 1 aliphatic rings. The zero-order chi connectivity index (χ0) is 22.0. The van der Waals surface area contributed by atoms with Crippen molar-refractivity contribution in [1.29, 1.82) is 5.41 Å². The van der Waals surface area contributed by atoms with Crippen LogP contribution in [-0.2, 0) is 16.1 Å². The number of carbonyl (C=O) groups excluding carboxylic acids is 3. The molecule has 2 aromatic rings. The number of hydrogen-bond donors (Lipinski definition) is 3. The van der Waals surface area contributed by atoms with Crippen molar-refractivity contribution in [2.45, 2.75) is 19.7 Å². The highest BCUT2D eigenvalue weighted by Gasteiger charge is 2.46. The molecule has 8 nitrogen and oxygen atoms in total. The van der Waals surface area contributed by atoms with E-state index < -0.39 is 46.7 Å². The first-order valence-electron chi connectivity index (χ1n) is 8.94. The molecule has 0 spiro atoms. The Morgan fingerprint density at radius 1 is 1.10 bits per heavy atom. The molecule has 1 atom stereocenters. The molecule has 1 aliphatic heterocycles. The van der Waals surface area contributed by atoms with E-state index in [1.807, 2.05) is 0 Å². The third-order valence-corrected chi connectivity index (χ3v) is 4.48. The Hall–Kier alpha value is -3.66. The second-order valence-corrected chi connectivity index (χ2v) is 6.40. The lowest BCUT2D eigenvalue weighted by molar-refractivity contribution is -0.140. The van der Waals surface area contributed by atoms with Crippen LogP contribution in [0.4, 0.5) is 8.78 Å². The Balaban J connectivity index is 1.80. The van der Waals surface area contributed by atoms with Crippen LogP contribution in [-0.4, -0.2) is 41.3 Å². The molecule has 1 unspecified atom stereocenters. The first kappa shape index (κ1) is 21.1. The highest BCUT2D eigenvalue weighted by molar-refractivity contribution is 6.23. The van der Waals surface area contributed by atoms with E-state index in [4.69, 9.17) is 15.9 Å². The Labute approximate surface area is 170 Å². The Morgan fingerprint density at radius 2 is 1.63 bits per heavy atom. The number of halogens is 2. The monoisotopic (exact) mass is 416 g/mol. The van der Waals surface area contributed by atoms with Crippen LogP contribution in [0.2, 0.25) is 0 Å². The van der Waals surface area contributed by atoms with Gasteiger partial charge in [0.25, 0.3) is 17.7 Å². The maximum atomic E-state index is 14.0. The van der Waals surface area contributed by atoms with Crippen LogP contribution in [0, 0.1) is 17.0 Å². The SMILES string of the molecule is CCOC(C(=O)NCc1ccc(C(=N)N)cc1)N1C(=O)c2c(F)ccc(F)c2C1=O. The molecule has 10 heteroatoms. The normalized spacial score (nSPS) is 13.9. The average molecular weight is 416 g/mol. The second-order valence-electron chi connectivity index (χ2n) is 6.40. The van der Waals surface area contributed by atoms with Crippen LogP contribution in [0.25, 0.3) is 0 Å². The molecule has 0 fully saturated rings. The molecule has 2 aromatic carbocycles. The van der Waals surface area contributed by atoms with Gasteiger partial charge in [0, 0.05) is 18.7 Å². The van der Waals surface area contributed by atoms with Crippen LogP contribution in [0.3, 0.4) is 0 Å². The van der Waals surface area contributed by atoms with Crippen molar-refractivity contribution in [3.8, 4) is 0 Å². The third kappa shape index (κ3) is 3.77. The highest BCUT2D eigenvalue weighted by Crippen LogP contribution is 2.29. The standard InChI is InChI=1S/C20H18F2N4O4/c1-2-30-20(17(27)25-9-10-3-5-11(6-4-10)16(23)24)26-18(28)14-12(21)7-8-13(22)15(14)19(26)29/h3-8,20H,2,9H2,1H3,(H3,23,24)(H,25,27). The van der Waals surface area contributed by atoms with Gasteiger partial charge in [0.1, 0.15) is 17.5 Å². The minimum absolute atomic E-state index is 0.0203. The number of nitrogens with one attached hydrogen (secondary N) is 2. The van der Waals surface area contributed by atoms with Gasteiger partial charge in [-0.05, 0) is 24.6 Å². The molecule has 0 saturated heterocycles. The molecule has 0 radical (unpaired) electrons. The van der Waals surface area contributed by atoms with Gasteiger partial charge in [-0.2, -0.15) is 0 Å². The van der Waals surface area contributed by atoms with Crippen molar-refractivity contribution in [1.82, 2.24) is 10.2 Å². The lowest BCUT2D eigenvalue weighted by Gasteiger charge is -2.24. The number of benzene rings is 2. The van der Waals surface area contributed by atoms with Crippen LogP contribution in [0.15, 0.2) is 36.4 Å². The topological polar surface area (TPSA) is 126 Å². The number of amidine groups is 1. The third-order valence-electron chi connectivity index (χ3n) is 4.48. The Kier molecular flexibility index (Phi) is 5.88. The van der Waals surface area contributed by atoms with Crippen molar-refractivity contribution in [2.24, 2.45) is 5.73 Å². The van der Waals surface area contributed by atoms with E-state index in [0.29, 0.717) is 16.0 Å². The number of nitrogens with zero attached hydrogens (tertiary/aromatic N) is 1. The number of fused-ring (bicyclic) bond motifs is 1. The number of nitrogen functional groups attached to an aromatic ring is 1. The molecule has 3 rings (SSSR count). The van der Waals surface area contributed by atoms with Gasteiger partial charge in [-0.15, -0.1) is 0 Å². The number of imide groups is 1. The van der Waals surface area contributed by atoms with Gasteiger partial charge < -0.3 is 15.8 Å². The quantitative estimate of drug-likeness (QED) is 0.359. The Morgan fingerprint density at radius 3 is 2.10 bits per heavy atom. The number of carbonyl (C=O) groups is 3. The van der Waals surface area contributed by atoms with Gasteiger partial charge in [0.05, 0.1) is 11.1 Å². The van der Waals surface area contributed by atoms with Crippen LogP contribution >= 0.6 is 0 Å². The van der Waals surface area contributed by atoms with Crippen molar-refractivity contribution in [3.63, 3.8) is 0 Å². The van der Waals surface area contributed by atoms with Crippen LogP contribution in [0.5, 0.6) is 0 Å². The summed E-state index contributed by atoms with van der Waals surface area (Å²) in [4.78, 5) is 38.2. The summed E-state index contributed by atoms with van der Waals surface area (Å²) in [5, 5.41) is 9.89. The zero-order valence-electron chi connectivity index (χ0n) is 15.9. The van der Waals surface area contributed by atoms with Gasteiger partial charge in [0.2, 0.25) is 6.23 Å². The van der Waals surface area contributed by atoms with Crippen LogP contribution < -0.4 is 11.1 Å². The predicted octanol–water partition coefficient (Wildman–Crippen LogP) is 1.52. The number of hydrogen-bond acceptors (Lipinski definition) is 5. The summed E-state index contributed by atoms with van der Waals surface area (Å²) in [6.07, 6.45) is -1.70. The van der Waals surface area contributed by atoms with Gasteiger partial charge in [-0.25, -0.2) is 13.7 Å². The predicted molar refractivity (Wildman–Crippen MR) is 102 cm³/mol. The van der Waals surface area contributed by atoms with Gasteiger partial charge in [-0.3, -0.25) is 19.8 Å². The van der Waals surface area contributed by atoms with Crippen molar-refractivity contribution in [2.75, 3.05) is 6.61 Å². The summed E-state index contributed by atoms with van der Waals surface area (Å²) in [5.74, 6) is -5.35. The second kappa shape index (κ2) is 8.37. The van der Waals surface area contributed by atoms with Crippen LogP contribution in [0.1, 0.15) is 38.8 Å². The van der Waals surface area contributed by atoms with E-state index in [1.165, 1.54) is 0 Å². The largest absolute Gasteiger partial charge is 0.384 e. The Bertz CT molecular complexity index is 999. The van der Waals surface area contributed by atoms with Gasteiger partial charge in [-0.1, -0.05) is 24.3 Å². The smallest absolute Gasteiger partial charge is 0.271 e. The molecule has 30 heavy (non-hydrogen) atoms. The molecular weight excluding hydrogens is 398 g/mol. The van der Waals surface area contributed by atoms with E-state index in [2.05, 4.69) is 5.32 Å². The minimum atomic E-state index is -1.70. The molecule has 4 N–H and O–H groups in total. The molecule has 0 aromatic heterocycles. The maximum absolute atomic E-state index is 14.0.